The number of hydrogen-bond acceptors (Lipinski definition) is 3. The maximum atomic E-state index is 12.3. The Morgan fingerprint density at radius 3 is 2.21 bits per heavy atom. The summed E-state index contributed by atoms with van der Waals surface area (Å²) in [7, 11) is 3.35. The number of carbonyl (C=O) groups is 3. The minimum Gasteiger partial charge on any atom is -0.349 e. The van der Waals surface area contributed by atoms with Crippen molar-refractivity contribution in [1.82, 2.24) is 9.80 Å². The van der Waals surface area contributed by atoms with Gasteiger partial charge in [0.15, 0.2) is 0 Å². The van der Waals surface area contributed by atoms with Crippen molar-refractivity contribution in [3.63, 3.8) is 0 Å². The molecular formula is C14H18N2O3. The van der Waals surface area contributed by atoms with Crippen molar-refractivity contribution in [3.05, 3.63) is 12.2 Å². The second kappa shape index (κ2) is 4.18. The summed E-state index contributed by atoms with van der Waals surface area (Å²) >= 11 is 0. The highest BCUT2D eigenvalue weighted by molar-refractivity contribution is 6.06. The van der Waals surface area contributed by atoms with Crippen molar-refractivity contribution >= 4 is 17.7 Å². The second-order valence-electron chi connectivity index (χ2n) is 5.87. The molecule has 0 spiro atoms. The summed E-state index contributed by atoms with van der Waals surface area (Å²) < 4.78 is 0. The molecule has 1 saturated heterocycles. The van der Waals surface area contributed by atoms with Crippen molar-refractivity contribution in [3.8, 4) is 0 Å². The summed E-state index contributed by atoms with van der Waals surface area (Å²) in [4.78, 5) is 39.0. The van der Waals surface area contributed by atoms with Crippen molar-refractivity contribution in [2.45, 2.75) is 12.8 Å². The van der Waals surface area contributed by atoms with Crippen molar-refractivity contribution in [1.29, 1.82) is 0 Å². The van der Waals surface area contributed by atoms with Gasteiger partial charge in [-0.1, -0.05) is 12.2 Å². The van der Waals surface area contributed by atoms with E-state index >= 15 is 0 Å². The predicted molar refractivity (Wildman–Crippen MR) is 67.7 cm³/mol. The molecule has 0 aromatic rings. The molecular weight excluding hydrogens is 244 g/mol. The summed E-state index contributed by atoms with van der Waals surface area (Å²) in [6.07, 6.45) is 5.31. The van der Waals surface area contributed by atoms with Gasteiger partial charge < -0.3 is 4.90 Å². The molecule has 1 heterocycles. The average molecular weight is 262 g/mol. The number of likely N-dealkylation sites (tertiary alicyclic amines) is 1. The van der Waals surface area contributed by atoms with Gasteiger partial charge in [0.1, 0.15) is 0 Å². The maximum absolute atomic E-state index is 12.3. The normalized spacial score (nSPS) is 35.2. The highest BCUT2D eigenvalue weighted by atomic mass is 16.2. The number of hydrogen-bond donors (Lipinski definition) is 0. The van der Waals surface area contributed by atoms with Crippen LogP contribution >= 0.6 is 0 Å². The smallest absolute Gasteiger partial charge is 0.233 e. The Morgan fingerprint density at radius 1 is 1.21 bits per heavy atom. The van der Waals surface area contributed by atoms with E-state index in [1.807, 2.05) is 0 Å². The van der Waals surface area contributed by atoms with Crippen LogP contribution in [0.15, 0.2) is 12.2 Å². The molecule has 1 aliphatic heterocycles. The van der Waals surface area contributed by atoms with Gasteiger partial charge in [0, 0.05) is 27.1 Å². The number of amides is 3. The fourth-order valence-electron chi connectivity index (χ4n) is 3.62. The van der Waals surface area contributed by atoms with Crippen LogP contribution in [0.4, 0.5) is 0 Å². The van der Waals surface area contributed by atoms with Crippen molar-refractivity contribution in [2.75, 3.05) is 20.6 Å². The van der Waals surface area contributed by atoms with Gasteiger partial charge in [-0.3, -0.25) is 19.3 Å². The zero-order valence-electron chi connectivity index (χ0n) is 11.2. The number of allylic oxidation sites excluding steroid dienone is 2. The lowest BCUT2D eigenvalue weighted by Gasteiger charge is -2.18. The maximum Gasteiger partial charge on any atom is 0.233 e. The van der Waals surface area contributed by atoms with E-state index in [1.165, 1.54) is 9.80 Å². The predicted octanol–water partition coefficient (Wildman–Crippen LogP) is 0.272. The Hall–Kier alpha value is -1.65. The van der Waals surface area contributed by atoms with E-state index in [0.29, 0.717) is 0 Å². The van der Waals surface area contributed by atoms with E-state index in [1.54, 1.807) is 14.1 Å². The van der Waals surface area contributed by atoms with Gasteiger partial charge in [-0.05, 0) is 18.3 Å². The Labute approximate surface area is 112 Å². The van der Waals surface area contributed by atoms with Crippen LogP contribution in [-0.2, 0) is 14.4 Å². The van der Waals surface area contributed by atoms with Crippen LogP contribution in [0.2, 0.25) is 0 Å². The van der Waals surface area contributed by atoms with Crippen LogP contribution in [0.5, 0.6) is 0 Å². The number of carbonyl (C=O) groups excluding carboxylic acids is 3. The lowest BCUT2D eigenvalue weighted by molar-refractivity contribution is -0.141. The number of rotatable bonds is 3. The van der Waals surface area contributed by atoms with Crippen LogP contribution in [0, 0.1) is 23.7 Å². The summed E-state index contributed by atoms with van der Waals surface area (Å²) in [6, 6.07) is 0. The first kappa shape index (κ1) is 12.4. The molecule has 3 rings (SSSR count). The SMILES string of the molecule is CN(C)C(=O)CCN1C(=O)[C@H]2[C@H](C1=O)[C@H]1C=C[C@H]2C1. The molecule has 0 unspecified atom stereocenters. The third kappa shape index (κ3) is 1.71. The first-order valence-corrected chi connectivity index (χ1v) is 6.74. The van der Waals surface area contributed by atoms with Gasteiger partial charge in [0.25, 0.3) is 0 Å². The second-order valence-corrected chi connectivity index (χ2v) is 5.87. The highest BCUT2D eigenvalue weighted by Crippen LogP contribution is 2.52. The number of nitrogens with zero attached hydrogens (tertiary/aromatic N) is 2. The third-order valence-corrected chi connectivity index (χ3v) is 4.61. The molecule has 19 heavy (non-hydrogen) atoms. The van der Waals surface area contributed by atoms with Crippen LogP contribution < -0.4 is 0 Å². The molecule has 0 aromatic heterocycles. The van der Waals surface area contributed by atoms with Gasteiger partial charge in [0.2, 0.25) is 17.7 Å². The summed E-state index contributed by atoms with van der Waals surface area (Å²) in [5.74, 6) is -0.0357. The van der Waals surface area contributed by atoms with Gasteiger partial charge >= 0.3 is 0 Å². The Balaban J connectivity index is 1.71. The molecule has 0 N–H and O–H groups in total. The van der Waals surface area contributed by atoms with E-state index in [0.717, 1.165) is 6.42 Å². The monoisotopic (exact) mass is 262 g/mol. The molecule has 5 heteroatoms. The van der Waals surface area contributed by atoms with Crippen LogP contribution in [0.3, 0.4) is 0 Å². The molecule has 4 atom stereocenters. The molecule has 3 aliphatic rings. The molecule has 0 radical (unpaired) electrons. The highest BCUT2D eigenvalue weighted by Gasteiger charge is 2.58. The zero-order valence-corrected chi connectivity index (χ0v) is 11.2. The molecule has 3 amide bonds. The standard InChI is InChI=1S/C14H18N2O3/c1-15(2)10(17)5-6-16-13(18)11-8-3-4-9(7-8)12(11)14(16)19/h3-4,8-9,11-12H,5-7H2,1-2H3/t8-,9-,11+,12+/m0/s1. The quantitative estimate of drug-likeness (QED) is 0.542. The van der Waals surface area contributed by atoms with Gasteiger partial charge in [-0.15, -0.1) is 0 Å². The Bertz CT molecular complexity index is 453. The number of fused-ring (bicyclic) bond motifs is 5. The van der Waals surface area contributed by atoms with E-state index in [9.17, 15) is 14.4 Å². The Morgan fingerprint density at radius 2 is 1.74 bits per heavy atom. The molecule has 102 valence electrons. The molecule has 2 bridgehead atoms. The van der Waals surface area contributed by atoms with E-state index in [-0.39, 0.29) is 54.4 Å². The summed E-state index contributed by atoms with van der Waals surface area (Å²) in [5.41, 5.74) is 0. The van der Waals surface area contributed by atoms with Crippen LogP contribution in [0.1, 0.15) is 12.8 Å². The molecule has 2 aliphatic carbocycles. The van der Waals surface area contributed by atoms with E-state index < -0.39 is 0 Å². The Kier molecular flexibility index (Phi) is 2.73. The van der Waals surface area contributed by atoms with Gasteiger partial charge in [-0.25, -0.2) is 0 Å². The summed E-state index contributed by atoms with van der Waals surface area (Å²) in [5, 5.41) is 0. The first-order valence-electron chi connectivity index (χ1n) is 6.74. The average Bonchev–Trinajstić information content (AvgIpc) is 3.02. The fourth-order valence-corrected chi connectivity index (χ4v) is 3.62. The fraction of sp³-hybridized carbons (Fsp3) is 0.643. The molecule has 1 saturated carbocycles. The van der Waals surface area contributed by atoms with Crippen molar-refractivity contribution < 1.29 is 14.4 Å². The molecule has 2 fully saturated rings. The zero-order chi connectivity index (χ0) is 13.7. The topological polar surface area (TPSA) is 57.7 Å². The lowest BCUT2D eigenvalue weighted by atomic mass is 9.85. The van der Waals surface area contributed by atoms with Crippen LogP contribution in [-0.4, -0.2) is 48.2 Å². The summed E-state index contributed by atoms with van der Waals surface area (Å²) in [6.45, 7) is 0.223. The molecule has 5 nitrogen and oxygen atoms in total. The van der Waals surface area contributed by atoms with E-state index in [2.05, 4.69) is 12.2 Å². The first-order chi connectivity index (χ1) is 9.00. The largest absolute Gasteiger partial charge is 0.349 e. The van der Waals surface area contributed by atoms with Gasteiger partial charge in [0.05, 0.1) is 11.8 Å². The van der Waals surface area contributed by atoms with Crippen molar-refractivity contribution in [2.24, 2.45) is 23.7 Å². The molecule has 0 aromatic carbocycles. The minimum atomic E-state index is -0.156. The van der Waals surface area contributed by atoms with Crippen LogP contribution in [0.25, 0.3) is 0 Å². The minimum absolute atomic E-state index is 0.0567. The number of imide groups is 1. The lowest BCUT2D eigenvalue weighted by Crippen LogP contribution is -2.36. The third-order valence-electron chi connectivity index (χ3n) is 4.61. The van der Waals surface area contributed by atoms with E-state index in [4.69, 9.17) is 0 Å². The van der Waals surface area contributed by atoms with Gasteiger partial charge in [-0.2, -0.15) is 0 Å².